The molecule has 0 aliphatic heterocycles. The van der Waals surface area contributed by atoms with E-state index in [4.69, 9.17) is 10.7 Å². The maximum Gasteiger partial charge on any atom is 0.102 e. The highest BCUT2D eigenvalue weighted by atomic mass is 32.1. The monoisotopic (exact) mass is 232 g/mol. The van der Waals surface area contributed by atoms with E-state index in [9.17, 15) is 0 Å². The van der Waals surface area contributed by atoms with Crippen molar-refractivity contribution in [1.82, 2.24) is 4.98 Å². The molecule has 0 saturated heterocycles. The number of aromatic nitrogens is 1. The highest BCUT2D eigenvalue weighted by molar-refractivity contribution is 7.18. The van der Waals surface area contributed by atoms with Gasteiger partial charge in [0.2, 0.25) is 0 Å². The number of hydrogen-bond donors (Lipinski definition) is 1. The predicted octanol–water partition coefficient (Wildman–Crippen LogP) is 2.92. The van der Waals surface area contributed by atoms with Crippen LogP contribution in [-0.4, -0.2) is 11.5 Å². The highest BCUT2D eigenvalue weighted by Gasteiger charge is 2.62. The normalized spacial score (nSPS) is 27.2. The van der Waals surface area contributed by atoms with Crippen LogP contribution in [0.25, 0.3) is 10.2 Å². The van der Waals surface area contributed by atoms with Crippen molar-refractivity contribution in [2.24, 2.45) is 11.1 Å². The summed E-state index contributed by atoms with van der Waals surface area (Å²) in [4.78, 5) is 4.75. The average molecular weight is 232 g/mol. The summed E-state index contributed by atoms with van der Waals surface area (Å²) in [5, 5.41) is 1.22. The minimum atomic E-state index is 0.136. The van der Waals surface area contributed by atoms with Gasteiger partial charge in [0.25, 0.3) is 0 Å². The smallest absolute Gasteiger partial charge is 0.102 e. The van der Waals surface area contributed by atoms with Gasteiger partial charge >= 0.3 is 0 Å². The molecule has 2 N–H and O–H groups in total. The number of nitrogens with zero attached hydrogens (tertiary/aromatic N) is 1. The van der Waals surface area contributed by atoms with Gasteiger partial charge in [-0.3, -0.25) is 0 Å². The molecule has 3 rings (SSSR count). The molecule has 2 aromatic rings. The Hall–Kier alpha value is -0.930. The third kappa shape index (κ3) is 1.19. The van der Waals surface area contributed by atoms with E-state index in [-0.39, 0.29) is 5.41 Å². The van der Waals surface area contributed by atoms with Crippen LogP contribution in [0.5, 0.6) is 0 Å². The molecule has 0 spiro atoms. The standard InChI is InChI=1S/C13H16N2S/c1-12(2)7-13(12,8-14)11-15-9-5-3-4-6-10(9)16-11/h3-6H,7-8,14H2,1-2H3. The largest absolute Gasteiger partial charge is 0.329 e. The van der Waals surface area contributed by atoms with Crippen molar-refractivity contribution in [1.29, 1.82) is 0 Å². The van der Waals surface area contributed by atoms with Crippen LogP contribution in [0.3, 0.4) is 0 Å². The Morgan fingerprint density at radius 3 is 2.62 bits per heavy atom. The molecular formula is C13H16N2S. The molecular weight excluding hydrogens is 216 g/mol. The molecule has 1 aliphatic rings. The van der Waals surface area contributed by atoms with E-state index in [0.29, 0.717) is 12.0 Å². The van der Waals surface area contributed by atoms with Gasteiger partial charge in [-0.2, -0.15) is 0 Å². The number of thiazole rings is 1. The molecule has 1 saturated carbocycles. The van der Waals surface area contributed by atoms with Crippen molar-refractivity contribution in [3.63, 3.8) is 0 Å². The van der Waals surface area contributed by atoms with E-state index in [1.54, 1.807) is 11.3 Å². The molecule has 0 radical (unpaired) electrons. The van der Waals surface area contributed by atoms with Gasteiger partial charge in [0.1, 0.15) is 5.01 Å². The number of fused-ring (bicyclic) bond motifs is 1. The van der Waals surface area contributed by atoms with Crippen LogP contribution in [0.15, 0.2) is 24.3 Å². The Bertz CT molecular complexity index is 511. The second-order valence-electron chi connectivity index (χ2n) is 5.33. The van der Waals surface area contributed by atoms with E-state index in [1.807, 2.05) is 6.07 Å². The van der Waals surface area contributed by atoms with Crippen molar-refractivity contribution < 1.29 is 0 Å². The minimum Gasteiger partial charge on any atom is -0.329 e. The van der Waals surface area contributed by atoms with Crippen LogP contribution in [-0.2, 0) is 5.41 Å². The summed E-state index contributed by atoms with van der Waals surface area (Å²) in [6, 6.07) is 8.32. The Labute approximate surface area is 99.5 Å². The molecule has 1 unspecified atom stereocenters. The quantitative estimate of drug-likeness (QED) is 0.864. The zero-order valence-electron chi connectivity index (χ0n) is 9.66. The fourth-order valence-electron chi connectivity index (χ4n) is 2.59. The first kappa shape index (κ1) is 10.2. The maximum absolute atomic E-state index is 5.96. The number of hydrogen-bond acceptors (Lipinski definition) is 3. The van der Waals surface area contributed by atoms with Crippen molar-refractivity contribution in [2.75, 3.05) is 6.54 Å². The lowest BCUT2D eigenvalue weighted by Crippen LogP contribution is -2.25. The van der Waals surface area contributed by atoms with E-state index in [0.717, 1.165) is 11.9 Å². The predicted molar refractivity (Wildman–Crippen MR) is 68.8 cm³/mol. The molecule has 1 aliphatic carbocycles. The molecule has 1 aromatic heterocycles. The summed E-state index contributed by atoms with van der Waals surface area (Å²) >= 11 is 1.80. The van der Waals surface area contributed by atoms with Gasteiger partial charge in [0.15, 0.2) is 0 Å². The van der Waals surface area contributed by atoms with Crippen LogP contribution >= 0.6 is 11.3 Å². The summed E-state index contributed by atoms with van der Waals surface area (Å²) in [5.74, 6) is 0. The zero-order valence-corrected chi connectivity index (χ0v) is 10.5. The van der Waals surface area contributed by atoms with Crippen molar-refractivity contribution in [3.05, 3.63) is 29.3 Å². The average Bonchev–Trinajstić information content (AvgIpc) is 2.67. The minimum absolute atomic E-state index is 0.136. The lowest BCUT2D eigenvalue weighted by atomic mass is 9.97. The fraction of sp³-hybridized carbons (Fsp3) is 0.462. The van der Waals surface area contributed by atoms with Crippen LogP contribution in [0.1, 0.15) is 25.3 Å². The van der Waals surface area contributed by atoms with E-state index >= 15 is 0 Å². The summed E-state index contributed by atoms with van der Waals surface area (Å²) in [6.45, 7) is 5.28. The Morgan fingerprint density at radius 1 is 1.38 bits per heavy atom. The summed E-state index contributed by atoms with van der Waals surface area (Å²) in [6.07, 6.45) is 1.16. The molecule has 16 heavy (non-hydrogen) atoms. The van der Waals surface area contributed by atoms with Gasteiger partial charge in [0.05, 0.1) is 10.2 Å². The molecule has 2 nitrogen and oxygen atoms in total. The molecule has 1 atom stereocenters. The van der Waals surface area contributed by atoms with E-state index in [2.05, 4.69) is 32.0 Å². The first-order chi connectivity index (χ1) is 7.59. The first-order valence-electron chi connectivity index (χ1n) is 5.65. The van der Waals surface area contributed by atoms with Crippen LogP contribution in [0.4, 0.5) is 0 Å². The van der Waals surface area contributed by atoms with Gasteiger partial charge in [-0.05, 0) is 24.0 Å². The van der Waals surface area contributed by atoms with Gasteiger partial charge < -0.3 is 5.73 Å². The number of para-hydroxylation sites is 1. The second kappa shape index (κ2) is 3.05. The van der Waals surface area contributed by atoms with Crippen LogP contribution in [0.2, 0.25) is 0 Å². The highest BCUT2D eigenvalue weighted by Crippen LogP contribution is 2.64. The van der Waals surface area contributed by atoms with Gasteiger partial charge in [-0.15, -0.1) is 11.3 Å². The Balaban J connectivity index is 2.13. The number of rotatable bonds is 2. The van der Waals surface area contributed by atoms with Gasteiger partial charge in [-0.25, -0.2) is 4.98 Å². The molecule has 1 fully saturated rings. The SMILES string of the molecule is CC1(C)CC1(CN)c1nc2ccccc2s1. The summed E-state index contributed by atoms with van der Waals surface area (Å²) in [7, 11) is 0. The van der Waals surface area contributed by atoms with Crippen LogP contribution < -0.4 is 5.73 Å². The lowest BCUT2D eigenvalue weighted by molar-refractivity contribution is 0.501. The fourth-order valence-corrected chi connectivity index (χ4v) is 3.93. The molecule has 1 aromatic carbocycles. The topological polar surface area (TPSA) is 38.9 Å². The molecule has 3 heteroatoms. The lowest BCUT2D eigenvalue weighted by Gasteiger charge is -2.14. The third-order valence-electron chi connectivity index (χ3n) is 3.97. The Kier molecular flexibility index (Phi) is 1.95. The summed E-state index contributed by atoms with van der Waals surface area (Å²) in [5.41, 5.74) is 7.52. The zero-order chi connectivity index (χ0) is 11.4. The van der Waals surface area contributed by atoms with Crippen molar-refractivity contribution in [3.8, 4) is 0 Å². The molecule has 1 heterocycles. The maximum atomic E-state index is 5.96. The number of benzene rings is 1. The first-order valence-corrected chi connectivity index (χ1v) is 6.47. The van der Waals surface area contributed by atoms with E-state index < -0.39 is 0 Å². The molecule has 0 bridgehead atoms. The van der Waals surface area contributed by atoms with Gasteiger partial charge in [0, 0.05) is 12.0 Å². The van der Waals surface area contributed by atoms with Crippen LogP contribution in [0, 0.1) is 5.41 Å². The number of nitrogens with two attached hydrogens (primary N) is 1. The van der Waals surface area contributed by atoms with Crippen molar-refractivity contribution >= 4 is 21.6 Å². The third-order valence-corrected chi connectivity index (χ3v) is 5.21. The van der Waals surface area contributed by atoms with E-state index in [1.165, 1.54) is 9.71 Å². The Morgan fingerprint density at radius 2 is 2.06 bits per heavy atom. The second-order valence-corrected chi connectivity index (χ2v) is 6.36. The summed E-state index contributed by atoms with van der Waals surface area (Å²) < 4.78 is 1.27. The molecule has 84 valence electrons. The van der Waals surface area contributed by atoms with Crippen molar-refractivity contribution in [2.45, 2.75) is 25.7 Å². The molecule has 0 amide bonds. The van der Waals surface area contributed by atoms with Gasteiger partial charge in [-0.1, -0.05) is 26.0 Å².